The SMILES string of the molecule is CNC(=O)NC(=O)C[NH2+][C@H](c1ccccc1)c1ccc(OC(F)F)cc1. The first-order valence-corrected chi connectivity index (χ1v) is 7.94. The topological polar surface area (TPSA) is 84.0 Å². The van der Waals surface area contributed by atoms with E-state index in [4.69, 9.17) is 0 Å². The fourth-order valence-corrected chi connectivity index (χ4v) is 2.45. The lowest BCUT2D eigenvalue weighted by molar-refractivity contribution is -0.676. The molecule has 2 aromatic carbocycles. The van der Waals surface area contributed by atoms with E-state index in [-0.39, 0.29) is 18.3 Å². The number of alkyl halides is 2. The summed E-state index contributed by atoms with van der Waals surface area (Å²) in [7, 11) is 1.42. The molecule has 0 aliphatic heterocycles. The number of nitrogens with one attached hydrogen (secondary N) is 2. The Kier molecular flexibility index (Phi) is 7.04. The van der Waals surface area contributed by atoms with E-state index in [1.807, 2.05) is 30.3 Å². The summed E-state index contributed by atoms with van der Waals surface area (Å²) in [6.07, 6.45) is 0. The number of quaternary nitrogens is 1. The maximum absolute atomic E-state index is 12.3. The van der Waals surface area contributed by atoms with Crippen LogP contribution in [0.15, 0.2) is 54.6 Å². The van der Waals surface area contributed by atoms with Gasteiger partial charge in [-0.2, -0.15) is 8.78 Å². The summed E-state index contributed by atoms with van der Waals surface area (Å²) in [4.78, 5) is 23.0. The first kappa shape index (κ1) is 19.3. The summed E-state index contributed by atoms with van der Waals surface area (Å²) in [5.41, 5.74) is 1.74. The van der Waals surface area contributed by atoms with E-state index in [1.165, 1.54) is 19.2 Å². The summed E-state index contributed by atoms with van der Waals surface area (Å²) >= 11 is 0. The Labute approximate surface area is 149 Å². The molecule has 0 heterocycles. The quantitative estimate of drug-likeness (QED) is 0.694. The Morgan fingerprint density at radius 1 is 1.04 bits per heavy atom. The first-order chi connectivity index (χ1) is 12.5. The van der Waals surface area contributed by atoms with Crippen molar-refractivity contribution >= 4 is 11.9 Å². The number of carbonyl (C=O) groups excluding carboxylic acids is 2. The van der Waals surface area contributed by atoms with Crippen molar-refractivity contribution in [2.24, 2.45) is 0 Å². The van der Waals surface area contributed by atoms with E-state index in [0.29, 0.717) is 0 Å². The molecule has 0 bridgehead atoms. The van der Waals surface area contributed by atoms with Crippen LogP contribution >= 0.6 is 0 Å². The second-order valence-corrected chi connectivity index (χ2v) is 5.40. The third-order valence-electron chi connectivity index (χ3n) is 3.64. The predicted octanol–water partition coefficient (Wildman–Crippen LogP) is 1.40. The molecule has 0 unspecified atom stereocenters. The standard InChI is InChI=1S/C18H19F2N3O3/c1-21-18(25)23-15(24)11-22-16(12-5-3-2-4-6-12)13-7-9-14(10-8-13)26-17(19)20/h2-10,16-17,22H,11H2,1H3,(H2,21,23,24,25)/p+1/t16-/m1/s1. The molecule has 26 heavy (non-hydrogen) atoms. The van der Waals surface area contributed by atoms with Gasteiger partial charge < -0.3 is 15.4 Å². The average Bonchev–Trinajstić information content (AvgIpc) is 2.63. The largest absolute Gasteiger partial charge is 0.435 e. The van der Waals surface area contributed by atoms with Crippen molar-refractivity contribution in [2.45, 2.75) is 12.7 Å². The molecule has 2 aromatic rings. The molecule has 6 nitrogen and oxygen atoms in total. The molecule has 138 valence electrons. The highest BCUT2D eigenvalue weighted by Gasteiger charge is 2.20. The minimum atomic E-state index is -2.88. The van der Waals surface area contributed by atoms with Crippen LogP contribution in [0.4, 0.5) is 13.6 Å². The van der Waals surface area contributed by atoms with Gasteiger partial charge in [0, 0.05) is 18.2 Å². The number of carbonyl (C=O) groups is 2. The number of ether oxygens (including phenoxy) is 1. The van der Waals surface area contributed by atoms with E-state index >= 15 is 0 Å². The third-order valence-corrected chi connectivity index (χ3v) is 3.64. The summed E-state index contributed by atoms with van der Waals surface area (Å²) in [6, 6.07) is 14.8. The molecule has 3 amide bonds. The number of nitrogens with two attached hydrogens (primary N) is 1. The Morgan fingerprint density at radius 2 is 1.65 bits per heavy atom. The van der Waals surface area contributed by atoms with Crippen LogP contribution in [0.1, 0.15) is 17.2 Å². The van der Waals surface area contributed by atoms with Crippen molar-refractivity contribution in [3.8, 4) is 5.75 Å². The Balaban J connectivity index is 2.14. The van der Waals surface area contributed by atoms with Gasteiger partial charge in [-0.3, -0.25) is 10.1 Å². The van der Waals surface area contributed by atoms with Crippen molar-refractivity contribution in [2.75, 3.05) is 13.6 Å². The van der Waals surface area contributed by atoms with Gasteiger partial charge in [0.1, 0.15) is 11.8 Å². The van der Waals surface area contributed by atoms with Crippen LogP contribution in [0.2, 0.25) is 0 Å². The Hall–Kier alpha value is -3.00. The number of benzene rings is 2. The lowest BCUT2D eigenvalue weighted by Crippen LogP contribution is -2.88. The van der Waals surface area contributed by atoms with E-state index in [1.54, 1.807) is 17.4 Å². The van der Waals surface area contributed by atoms with Gasteiger partial charge in [0.25, 0.3) is 5.91 Å². The highest BCUT2D eigenvalue weighted by molar-refractivity contribution is 5.94. The highest BCUT2D eigenvalue weighted by atomic mass is 19.3. The molecule has 0 aliphatic carbocycles. The minimum Gasteiger partial charge on any atom is -0.435 e. The average molecular weight is 364 g/mol. The maximum Gasteiger partial charge on any atom is 0.387 e. The number of amides is 3. The molecule has 0 saturated carbocycles. The van der Waals surface area contributed by atoms with Crippen LogP contribution in [0.25, 0.3) is 0 Å². The minimum absolute atomic E-state index is 0.0161. The van der Waals surface area contributed by atoms with Gasteiger partial charge in [-0.15, -0.1) is 0 Å². The van der Waals surface area contributed by atoms with Crippen LogP contribution in [-0.4, -0.2) is 32.1 Å². The number of imide groups is 1. The zero-order valence-corrected chi connectivity index (χ0v) is 14.1. The van der Waals surface area contributed by atoms with Gasteiger partial charge in [-0.05, 0) is 24.3 Å². The molecular weight excluding hydrogens is 344 g/mol. The van der Waals surface area contributed by atoms with E-state index in [9.17, 15) is 18.4 Å². The maximum atomic E-state index is 12.3. The molecule has 0 saturated heterocycles. The van der Waals surface area contributed by atoms with Crippen molar-refractivity contribution in [1.82, 2.24) is 10.6 Å². The molecule has 1 atom stereocenters. The highest BCUT2D eigenvalue weighted by Crippen LogP contribution is 2.22. The third kappa shape index (κ3) is 5.82. The Morgan fingerprint density at radius 3 is 2.23 bits per heavy atom. The normalized spacial score (nSPS) is 11.7. The van der Waals surface area contributed by atoms with Gasteiger partial charge in [0.05, 0.1) is 0 Å². The lowest BCUT2D eigenvalue weighted by Gasteiger charge is -2.17. The second kappa shape index (κ2) is 9.47. The predicted molar refractivity (Wildman–Crippen MR) is 90.7 cm³/mol. The fourth-order valence-electron chi connectivity index (χ4n) is 2.45. The molecule has 8 heteroatoms. The van der Waals surface area contributed by atoms with Crippen molar-refractivity contribution in [3.63, 3.8) is 0 Å². The van der Waals surface area contributed by atoms with E-state index in [2.05, 4.69) is 15.4 Å². The zero-order chi connectivity index (χ0) is 18.9. The summed E-state index contributed by atoms with van der Waals surface area (Å²) in [5, 5.41) is 6.26. The molecule has 0 fully saturated rings. The van der Waals surface area contributed by atoms with Gasteiger partial charge in [0.2, 0.25) is 0 Å². The monoisotopic (exact) mass is 364 g/mol. The second-order valence-electron chi connectivity index (χ2n) is 5.40. The van der Waals surface area contributed by atoms with E-state index in [0.717, 1.165) is 11.1 Å². The molecule has 0 aromatic heterocycles. The number of hydrogen-bond donors (Lipinski definition) is 3. The van der Waals surface area contributed by atoms with Crippen LogP contribution in [0.5, 0.6) is 5.75 Å². The fraction of sp³-hybridized carbons (Fsp3) is 0.222. The van der Waals surface area contributed by atoms with Gasteiger partial charge in [-0.25, -0.2) is 4.79 Å². The van der Waals surface area contributed by atoms with Gasteiger partial charge in [-0.1, -0.05) is 30.3 Å². The number of halogens is 2. The molecule has 0 radical (unpaired) electrons. The smallest absolute Gasteiger partial charge is 0.387 e. The lowest BCUT2D eigenvalue weighted by atomic mass is 9.98. The van der Waals surface area contributed by atoms with Crippen molar-refractivity contribution < 1.29 is 28.4 Å². The van der Waals surface area contributed by atoms with Crippen molar-refractivity contribution in [3.05, 3.63) is 65.7 Å². The molecule has 4 N–H and O–H groups in total. The number of rotatable bonds is 7. The molecule has 0 spiro atoms. The number of urea groups is 1. The van der Waals surface area contributed by atoms with Gasteiger partial charge in [0.15, 0.2) is 6.54 Å². The van der Waals surface area contributed by atoms with Gasteiger partial charge >= 0.3 is 12.6 Å². The summed E-state index contributed by atoms with van der Waals surface area (Å²) in [5.74, 6) is -0.379. The van der Waals surface area contributed by atoms with E-state index < -0.39 is 18.5 Å². The number of hydrogen-bond acceptors (Lipinski definition) is 3. The summed E-state index contributed by atoms with van der Waals surface area (Å²) in [6.45, 7) is -2.87. The molecular formula is C18H20F2N3O3+. The Bertz CT molecular complexity index is 724. The van der Waals surface area contributed by atoms with Crippen LogP contribution in [-0.2, 0) is 4.79 Å². The zero-order valence-electron chi connectivity index (χ0n) is 14.1. The van der Waals surface area contributed by atoms with Crippen LogP contribution in [0.3, 0.4) is 0 Å². The molecule has 0 aliphatic rings. The summed E-state index contributed by atoms with van der Waals surface area (Å²) < 4.78 is 28.9. The van der Waals surface area contributed by atoms with Crippen LogP contribution in [0, 0.1) is 0 Å². The first-order valence-electron chi connectivity index (χ1n) is 7.94. The molecule has 2 rings (SSSR count). The van der Waals surface area contributed by atoms with Crippen molar-refractivity contribution in [1.29, 1.82) is 0 Å². The van der Waals surface area contributed by atoms with Crippen LogP contribution < -0.4 is 20.7 Å².